The minimum Gasteiger partial charge on any atom is -0.370 e. The Morgan fingerprint density at radius 1 is 1.34 bits per heavy atom. The van der Waals surface area contributed by atoms with E-state index in [4.69, 9.17) is 9.72 Å². The third-order valence-electron chi connectivity index (χ3n) is 6.83. The molecule has 0 aliphatic carbocycles. The molecule has 0 radical (unpaired) electrons. The third-order valence-corrected chi connectivity index (χ3v) is 6.83. The molecule has 1 saturated heterocycles. The summed E-state index contributed by atoms with van der Waals surface area (Å²) < 4.78 is 8.05. The number of fused-ring (bicyclic) bond motifs is 4. The summed E-state index contributed by atoms with van der Waals surface area (Å²) in [6.07, 6.45) is 2.14. The van der Waals surface area contributed by atoms with Crippen molar-refractivity contribution in [3.63, 3.8) is 0 Å². The lowest BCUT2D eigenvalue weighted by Gasteiger charge is -2.41. The summed E-state index contributed by atoms with van der Waals surface area (Å²) >= 11 is 0. The van der Waals surface area contributed by atoms with Crippen molar-refractivity contribution in [1.82, 2.24) is 9.55 Å². The maximum Gasteiger partial charge on any atom is 0.254 e. The Morgan fingerprint density at radius 2 is 2.17 bits per heavy atom. The number of rotatable bonds is 1. The lowest BCUT2D eigenvalue weighted by molar-refractivity contribution is -0.107. The van der Waals surface area contributed by atoms with Crippen LogP contribution in [0.5, 0.6) is 0 Å². The highest BCUT2D eigenvalue weighted by atomic mass is 16.5. The molecule has 1 aromatic carbocycles. The number of nitriles is 1. The van der Waals surface area contributed by atoms with E-state index >= 15 is 0 Å². The minimum absolute atomic E-state index is 0.0164. The second-order valence-electron chi connectivity index (χ2n) is 8.44. The van der Waals surface area contributed by atoms with Crippen LogP contribution in [-0.4, -0.2) is 16.2 Å². The van der Waals surface area contributed by atoms with Gasteiger partial charge in [0.15, 0.2) is 0 Å². The van der Waals surface area contributed by atoms with Crippen LogP contribution in [-0.2, 0) is 16.9 Å². The van der Waals surface area contributed by atoms with E-state index in [0.717, 1.165) is 58.4 Å². The molecule has 2 aromatic heterocycles. The number of aromatic nitrogens is 2. The van der Waals surface area contributed by atoms with Gasteiger partial charge in [-0.2, -0.15) is 5.26 Å². The SMILES string of the molecule is Cc1c(C2(C)OCCCC2C)cc2n(c1=O)Cc1cc3c(C#N)cccc3nc1-2. The molecule has 2 atom stereocenters. The van der Waals surface area contributed by atoms with E-state index in [1.165, 1.54) is 0 Å². The molecule has 0 bridgehead atoms. The summed E-state index contributed by atoms with van der Waals surface area (Å²) in [7, 11) is 0. The molecule has 0 N–H and O–H groups in total. The first-order valence-electron chi connectivity index (χ1n) is 10.2. The van der Waals surface area contributed by atoms with Crippen LogP contribution in [0.2, 0.25) is 0 Å². The van der Waals surface area contributed by atoms with Gasteiger partial charge in [0, 0.05) is 23.1 Å². The van der Waals surface area contributed by atoms with Gasteiger partial charge in [-0.25, -0.2) is 4.98 Å². The Labute approximate surface area is 169 Å². The fourth-order valence-electron chi connectivity index (χ4n) is 4.90. The number of pyridine rings is 2. The summed E-state index contributed by atoms with van der Waals surface area (Å²) in [5.41, 5.74) is 5.32. The lowest BCUT2D eigenvalue weighted by Crippen LogP contribution is -2.40. The van der Waals surface area contributed by atoms with Crippen molar-refractivity contribution in [1.29, 1.82) is 5.26 Å². The monoisotopic (exact) mass is 385 g/mol. The first-order chi connectivity index (χ1) is 13.9. The molecule has 4 heterocycles. The fraction of sp³-hybridized carbons (Fsp3) is 0.375. The highest BCUT2D eigenvalue weighted by Crippen LogP contribution is 2.42. The van der Waals surface area contributed by atoms with E-state index in [1.807, 2.05) is 25.1 Å². The van der Waals surface area contributed by atoms with Crippen molar-refractivity contribution < 1.29 is 4.74 Å². The van der Waals surface area contributed by atoms with Crippen LogP contribution < -0.4 is 5.56 Å². The number of benzene rings is 1. The quantitative estimate of drug-likeness (QED) is 0.491. The first-order valence-corrected chi connectivity index (χ1v) is 10.2. The van der Waals surface area contributed by atoms with Crippen molar-refractivity contribution in [2.75, 3.05) is 6.61 Å². The molecular weight excluding hydrogens is 362 g/mol. The predicted molar refractivity (Wildman–Crippen MR) is 112 cm³/mol. The first kappa shape index (κ1) is 18.1. The van der Waals surface area contributed by atoms with Crippen LogP contribution in [0.1, 0.15) is 48.9 Å². The third kappa shape index (κ3) is 2.49. The molecule has 29 heavy (non-hydrogen) atoms. The molecule has 2 aliphatic heterocycles. The molecule has 5 nitrogen and oxygen atoms in total. The van der Waals surface area contributed by atoms with Crippen LogP contribution >= 0.6 is 0 Å². The molecule has 146 valence electrons. The second kappa shape index (κ2) is 6.27. The normalized spacial score (nSPS) is 22.9. The van der Waals surface area contributed by atoms with Crippen molar-refractivity contribution in [2.24, 2.45) is 5.92 Å². The van der Waals surface area contributed by atoms with Crippen LogP contribution in [0, 0.1) is 24.2 Å². The zero-order valence-corrected chi connectivity index (χ0v) is 17.0. The molecule has 2 aliphatic rings. The maximum absolute atomic E-state index is 13.3. The molecule has 0 saturated carbocycles. The van der Waals surface area contributed by atoms with Crippen molar-refractivity contribution in [2.45, 2.75) is 45.8 Å². The summed E-state index contributed by atoms with van der Waals surface area (Å²) in [6, 6.07) is 11.9. The molecule has 0 spiro atoms. The van der Waals surface area contributed by atoms with E-state index in [-0.39, 0.29) is 5.56 Å². The second-order valence-corrected chi connectivity index (χ2v) is 8.44. The zero-order chi connectivity index (χ0) is 20.3. The van der Waals surface area contributed by atoms with E-state index in [1.54, 1.807) is 10.6 Å². The van der Waals surface area contributed by atoms with Crippen molar-refractivity contribution in [3.05, 3.63) is 62.9 Å². The summed E-state index contributed by atoms with van der Waals surface area (Å²) in [5.74, 6) is 0.334. The van der Waals surface area contributed by atoms with Gasteiger partial charge in [0.25, 0.3) is 5.56 Å². The van der Waals surface area contributed by atoms with Crippen LogP contribution in [0.25, 0.3) is 22.3 Å². The van der Waals surface area contributed by atoms with Gasteiger partial charge < -0.3 is 9.30 Å². The zero-order valence-electron chi connectivity index (χ0n) is 17.0. The van der Waals surface area contributed by atoms with Crippen LogP contribution in [0.4, 0.5) is 0 Å². The van der Waals surface area contributed by atoms with Gasteiger partial charge in [-0.15, -0.1) is 0 Å². The van der Waals surface area contributed by atoms with Crippen LogP contribution in [0.3, 0.4) is 0 Å². The Bertz CT molecular complexity index is 1270. The Kier molecular flexibility index (Phi) is 3.91. The largest absolute Gasteiger partial charge is 0.370 e. The Balaban J connectivity index is 1.75. The molecule has 5 heteroatoms. The van der Waals surface area contributed by atoms with Gasteiger partial charge in [-0.05, 0) is 62.4 Å². The number of nitrogens with zero attached hydrogens (tertiary/aromatic N) is 3. The van der Waals surface area contributed by atoms with Gasteiger partial charge in [0.2, 0.25) is 0 Å². The Hall–Kier alpha value is -2.97. The molecule has 3 aromatic rings. The maximum atomic E-state index is 13.3. The van der Waals surface area contributed by atoms with Gasteiger partial charge in [0.1, 0.15) is 0 Å². The number of hydrogen-bond donors (Lipinski definition) is 0. The molecule has 2 unspecified atom stereocenters. The van der Waals surface area contributed by atoms with Crippen molar-refractivity contribution >= 4 is 10.9 Å². The van der Waals surface area contributed by atoms with E-state index in [9.17, 15) is 10.1 Å². The van der Waals surface area contributed by atoms with Gasteiger partial charge in [0.05, 0.1) is 40.7 Å². The van der Waals surface area contributed by atoms with Gasteiger partial charge in [-0.1, -0.05) is 13.0 Å². The standard InChI is InChI=1S/C24H23N3O2/c1-14-6-5-9-29-24(14,3)19-11-21-22-17(13-27(21)23(28)15(19)2)10-18-16(12-25)7-4-8-20(18)26-22/h4,7-8,10-11,14H,5-6,9,13H2,1-3H3. The highest BCUT2D eigenvalue weighted by molar-refractivity contribution is 5.88. The molecule has 0 amide bonds. The summed E-state index contributed by atoms with van der Waals surface area (Å²) in [4.78, 5) is 18.1. The topological polar surface area (TPSA) is 67.9 Å². The highest BCUT2D eigenvalue weighted by Gasteiger charge is 2.39. The molecular formula is C24H23N3O2. The van der Waals surface area contributed by atoms with E-state index in [2.05, 4.69) is 26.0 Å². The fourth-order valence-corrected chi connectivity index (χ4v) is 4.90. The molecule has 1 fully saturated rings. The van der Waals surface area contributed by atoms with Crippen LogP contribution in [0.15, 0.2) is 35.1 Å². The smallest absolute Gasteiger partial charge is 0.254 e. The predicted octanol–water partition coefficient (Wildman–Crippen LogP) is 4.27. The van der Waals surface area contributed by atoms with Gasteiger partial charge >= 0.3 is 0 Å². The average molecular weight is 385 g/mol. The van der Waals surface area contributed by atoms with E-state index in [0.29, 0.717) is 18.0 Å². The average Bonchev–Trinajstić information content (AvgIpc) is 3.08. The summed E-state index contributed by atoms with van der Waals surface area (Å²) in [6.45, 7) is 7.42. The lowest BCUT2D eigenvalue weighted by atomic mass is 9.78. The Morgan fingerprint density at radius 3 is 2.93 bits per heavy atom. The van der Waals surface area contributed by atoms with Gasteiger partial charge in [-0.3, -0.25) is 4.79 Å². The minimum atomic E-state index is -0.468. The van der Waals surface area contributed by atoms with Crippen molar-refractivity contribution in [3.8, 4) is 17.5 Å². The molecule has 5 rings (SSSR count). The summed E-state index contributed by atoms with van der Waals surface area (Å²) in [5, 5.41) is 10.3. The van der Waals surface area contributed by atoms with E-state index < -0.39 is 5.60 Å². The number of hydrogen-bond acceptors (Lipinski definition) is 4. The number of ether oxygens (including phenoxy) is 1.